The van der Waals surface area contributed by atoms with E-state index in [4.69, 9.17) is 0 Å². The Morgan fingerprint density at radius 1 is 1.50 bits per heavy atom. The van der Waals surface area contributed by atoms with E-state index in [2.05, 4.69) is 4.40 Å². The third kappa shape index (κ3) is 3.59. The van der Waals surface area contributed by atoms with Gasteiger partial charge >= 0.3 is 0 Å². The van der Waals surface area contributed by atoms with Gasteiger partial charge in [-0.05, 0) is 46.0 Å². The predicted molar refractivity (Wildman–Crippen MR) is 53.7 cm³/mol. The minimum absolute atomic E-state index is 0.208. The molecule has 1 aliphatic carbocycles. The lowest BCUT2D eigenvalue weighted by Crippen LogP contribution is -2.25. The summed E-state index contributed by atoms with van der Waals surface area (Å²) in [5, 5.41) is 0. The van der Waals surface area contributed by atoms with Gasteiger partial charge in [0.1, 0.15) is 16.1 Å². The summed E-state index contributed by atoms with van der Waals surface area (Å²) in [7, 11) is 0. The second-order valence-electron chi connectivity index (χ2n) is 4.33. The van der Waals surface area contributed by atoms with Gasteiger partial charge in [-0.15, -0.1) is 0 Å². The second kappa shape index (κ2) is 3.79. The highest BCUT2D eigenvalue weighted by Crippen LogP contribution is 2.31. The molecule has 70 valence electrons. The van der Waals surface area contributed by atoms with Gasteiger partial charge in [-0.2, -0.15) is 0 Å². The zero-order valence-electron chi connectivity index (χ0n) is 8.04. The van der Waals surface area contributed by atoms with E-state index in [9.17, 15) is 4.55 Å². The summed E-state index contributed by atoms with van der Waals surface area (Å²) in [6.07, 6.45) is 5.50. The van der Waals surface area contributed by atoms with Crippen molar-refractivity contribution in [2.75, 3.05) is 0 Å². The number of nitrogens with zero attached hydrogens (tertiary/aromatic N) is 1. The van der Waals surface area contributed by atoms with Crippen LogP contribution < -0.4 is 0 Å². The van der Waals surface area contributed by atoms with E-state index in [1.165, 1.54) is 12.8 Å². The maximum atomic E-state index is 11.4. The Labute approximate surface area is 77.8 Å². The highest BCUT2D eigenvalue weighted by atomic mass is 32.2. The molecule has 0 aliphatic heterocycles. The molecule has 0 aromatic carbocycles. The zero-order chi connectivity index (χ0) is 9.19. The monoisotopic (exact) mass is 187 g/mol. The molecule has 0 N–H and O–H groups in total. The minimum atomic E-state index is -1.06. The van der Waals surface area contributed by atoms with Crippen LogP contribution in [0.25, 0.3) is 0 Å². The third-order valence-electron chi connectivity index (χ3n) is 1.83. The summed E-state index contributed by atoms with van der Waals surface area (Å²) >= 11 is -1.06. The molecular formula is C9H17NOS. The van der Waals surface area contributed by atoms with E-state index in [-0.39, 0.29) is 4.75 Å². The number of hydrogen-bond donors (Lipinski definition) is 0. The predicted octanol–water partition coefficient (Wildman–Crippen LogP) is 2.32. The third-order valence-corrected chi connectivity index (χ3v) is 3.22. The van der Waals surface area contributed by atoms with Gasteiger partial charge in [0.25, 0.3) is 0 Å². The normalized spacial score (nSPS) is 21.7. The summed E-state index contributed by atoms with van der Waals surface area (Å²) in [4.78, 5) is 0. The maximum absolute atomic E-state index is 11.4. The summed E-state index contributed by atoms with van der Waals surface area (Å²) in [5.74, 6) is 0.839. The number of hydrogen-bond acceptors (Lipinski definition) is 2. The van der Waals surface area contributed by atoms with Crippen LogP contribution in [0.15, 0.2) is 4.40 Å². The second-order valence-corrected chi connectivity index (χ2v) is 6.26. The van der Waals surface area contributed by atoms with Gasteiger partial charge in [0.05, 0.1) is 6.21 Å². The maximum Gasteiger partial charge on any atom is 0.144 e. The fourth-order valence-corrected chi connectivity index (χ4v) is 1.31. The quantitative estimate of drug-likeness (QED) is 0.493. The molecule has 0 aromatic rings. The molecule has 1 aliphatic rings. The summed E-state index contributed by atoms with van der Waals surface area (Å²) in [6, 6.07) is 0. The van der Waals surface area contributed by atoms with Crippen LogP contribution in [0, 0.1) is 5.92 Å². The molecule has 1 rings (SSSR count). The van der Waals surface area contributed by atoms with Gasteiger partial charge < -0.3 is 4.55 Å². The molecule has 1 fully saturated rings. The van der Waals surface area contributed by atoms with Crippen LogP contribution in [-0.4, -0.2) is 15.5 Å². The minimum Gasteiger partial charge on any atom is -0.591 e. The van der Waals surface area contributed by atoms with Crippen molar-refractivity contribution in [3.63, 3.8) is 0 Å². The molecule has 12 heavy (non-hydrogen) atoms. The Balaban J connectivity index is 2.23. The molecule has 2 nitrogen and oxygen atoms in total. The average Bonchev–Trinajstić information content (AvgIpc) is 2.69. The van der Waals surface area contributed by atoms with Gasteiger partial charge in [-0.3, -0.25) is 0 Å². The first-order chi connectivity index (χ1) is 5.50. The van der Waals surface area contributed by atoms with Crippen molar-refractivity contribution in [3.05, 3.63) is 0 Å². The molecular weight excluding hydrogens is 170 g/mol. The van der Waals surface area contributed by atoms with Crippen LogP contribution in [0.2, 0.25) is 0 Å². The van der Waals surface area contributed by atoms with Crippen molar-refractivity contribution in [3.8, 4) is 0 Å². The van der Waals surface area contributed by atoms with Gasteiger partial charge in [0.15, 0.2) is 0 Å². The summed E-state index contributed by atoms with van der Waals surface area (Å²) in [5.41, 5.74) is 0. The molecule has 0 saturated heterocycles. The molecule has 1 unspecified atom stereocenters. The molecule has 1 saturated carbocycles. The Hall–Kier alpha value is -0.0200. The first-order valence-corrected chi connectivity index (χ1v) is 5.55. The lowest BCUT2D eigenvalue weighted by molar-refractivity contribution is 0.561. The lowest BCUT2D eigenvalue weighted by Gasteiger charge is -2.17. The van der Waals surface area contributed by atoms with Gasteiger partial charge in [0, 0.05) is 0 Å². The Morgan fingerprint density at radius 3 is 2.50 bits per heavy atom. The first-order valence-electron chi connectivity index (χ1n) is 4.44. The van der Waals surface area contributed by atoms with Crippen molar-refractivity contribution < 1.29 is 4.55 Å². The van der Waals surface area contributed by atoms with Crippen LogP contribution in [0.4, 0.5) is 0 Å². The molecule has 1 atom stereocenters. The molecule has 0 spiro atoms. The molecule has 0 aromatic heterocycles. The summed E-state index contributed by atoms with van der Waals surface area (Å²) < 4.78 is 15.2. The highest BCUT2D eigenvalue weighted by Gasteiger charge is 2.26. The van der Waals surface area contributed by atoms with Crippen LogP contribution in [0.1, 0.15) is 40.0 Å². The smallest absolute Gasteiger partial charge is 0.144 e. The van der Waals surface area contributed by atoms with Gasteiger partial charge in [-0.25, -0.2) is 0 Å². The van der Waals surface area contributed by atoms with Gasteiger partial charge in [0.2, 0.25) is 0 Å². The van der Waals surface area contributed by atoms with Crippen molar-refractivity contribution in [2.24, 2.45) is 10.3 Å². The van der Waals surface area contributed by atoms with E-state index in [0.717, 1.165) is 12.3 Å². The average molecular weight is 187 g/mol. The van der Waals surface area contributed by atoms with Gasteiger partial charge in [-0.1, -0.05) is 4.40 Å². The molecule has 3 heteroatoms. The zero-order valence-corrected chi connectivity index (χ0v) is 8.86. The van der Waals surface area contributed by atoms with Crippen molar-refractivity contribution >= 4 is 17.6 Å². The van der Waals surface area contributed by atoms with E-state index in [1.54, 1.807) is 0 Å². The first kappa shape index (κ1) is 10.1. The van der Waals surface area contributed by atoms with E-state index < -0.39 is 11.4 Å². The number of rotatable bonds is 3. The standard InChI is InChI=1S/C9H17NOS/c1-9(2,3)12(11)10-7-6-8-4-5-8/h7-8H,4-6H2,1-3H3/b10-7+. The largest absolute Gasteiger partial charge is 0.591 e. The SMILES string of the molecule is CC(C)(C)[S+]([O-])/N=C/CC1CC1. The van der Waals surface area contributed by atoms with Crippen LogP contribution in [0.5, 0.6) is 0 Å². The van der Waals surface area contributed by atoms with E-state index >= 15 is 0 Å². The van der Waals surface area contributed by atoms with Crippen LogP contribution in [-0.2, 0) is 11.4 Å². The van der Waals surface area contributed by atoms with E-state index in [0.29, 0.717) is 0 Å². The van der Waals surface area contributed by atoms with E-state index in [1.807, 2.05) is 27.0 Å². The van der Waals surface area contributed by atoms with Crippen LogP contribution in [0.3, 0.4) is 0 Å². The fourth-order valence-electron chi connectivity index (χ4n) is 0.771. The fraction of sp³-hybridized carbons (Fsp3) is 0.889. The topological polar surface area (TPSA) is 35.4 Å². The molecule has 0 heterocycles. The Morgan fingerprint density at radius 2 is 2.08 bits per heavy atom. The Kier molecular flexibility index (Phi) is 3.18. The molecule has 0 amide bonds. The Bertz CT molecular complexity index is 170. The van der Waals surface area contributed by atoms with Crippen LogP contribution >= 0.6 is 0 Å². The lowest BCUT2D eigenvalue weighted by atomic mass is 10.3. The molecule has 0 bridgehead atoms. The van der Waals surface area contributed by atoms with Crippen molar-refractivity contribution in [1.82, 2.24) is 0 Å². The van der Waals surface area contributed by atoms with Crippen molar-refractivity contribution in [2.45, 2.75) is 44.8 Å². The molecule has 0 radical (unpaired) electrons. The summed E-state index contributed by atoms with van der Waals surface area (Å²) in [6.45, 7) is 5.83. The highest BCUT2D eigenvalue weighted by molar-refractivity contribution is 7.91. The van der Waals surface area contributed by atoms with Crippen molar-refractivity contribution in [1.29, 1.82) is 0 Å².